The third-order valence-electron chi connectivity index (χ3n) is 3.82. The maximum atomic E-state index is 5.79. The molecule has 3 nitrogen and oxygen atoms in total. The molecule has 82 valence electrons. The minimum absolute atomic E-state index is 0.499. The van der Waals surface area contributed by atoms with E-state index in [2.05, 4.69) is 4.90 Å². The first kappa shape index (κ1) is 10.4. The number of piperidine rings is 1. The van der Waals surface area contributed by atoms with Gasteiger partial charge in [0, 0.05) is 26.7 Å². The van der Waals surface area contributed by atoms with Gasteiger partial charge in [0.1, 0.15) is 0 Å². The molecule has 2 fully saturated rings. The molecule has 2 N–H and O–H groups in total. The van der Waals surface area contributed by atoms with Crippen LogP contribution >= 0.6 is 0 Å². The maximum Gasteiger partial charge on any atom is 0.0595 e. The topological polar surface area (TPSA) is 38.5 Å². The smallest absolute Gasteiger partial charge is 0.0595 e. The molecule has 0 spiro atoms. The van der Waals surface area contributed by atoms with Crippen LogP contribution in [0.5, 0.6) is 0 Å². The van der Waals surface area contributed by atoms with Gasteiger partial charge in [-0.2, -0.15) is 0 Å². The van der Waals surface area contributed by atoms with E-state index in [9.17, 15) is 0 Å². The van der Waals surface area contributed by atoms with Gasteiger partial charge in [0.05, 0.1) is 6.10 Å². The molecule has 0 unspecified atom stereocenters. The number of nitrogens with two attached hydrogens (primary N) is 1. The van der Waals surface area contributed by atoms with Gasteiger partial charge in [0.25, 0.3) is 0 Å². The lowest BCUT2D eigenvalue weighted by molar-refractivity contribution is 0.0355. The van der Waals surface area contributed by atoms with Gasteiger partial charge in [-0.05, 0) is 37.6 Å². The molecule has 0 radical (unpaired) electrons. The first-order chi connectivity index (χ1) is 6.78. The van der Waals surface area contributed by atoms with Crippen LogP contribution in [-0.4, -0.2) is 44.3 Å². The number of likely N-dealkylation sites (tertiary alicyclic amines) is 1. The number of rotatable bonds is 4. The lowest BCUT2D eigenvalue weighted by Gasteiger charge is -2.33. The van der Waals surface area contributed by atoms with Crippen LogP contribution < -0.4 is 5.73 Å². The van der Waals surface area contributed by atoms with E-state index in [1.165, 1.54) is 45.3 Å². The number of ether oxygens (including phenoxy) is 1. The van der Waals surface area contributed by atoms with Crippen molar-refractivity contribution in [3.8, 4) is 0 Å². The molecule has 0 atom stereocenters. The molecule has 1 heterocycles. The largest absolute Gasteiger partial charge is 0.381 e. The monoisotopic (exact) mass is 198 g/mol. The molecule has 3 heteroatoms. The van der Waals surface area contributed by atoms with E-state index >= 15 is 0 Å². The van der Waals surface area contributed by atoms with Crippen LogP contribution in [0.25, 0.3) is 0 Å². The van der Waals surface area contributed by atoms with Crippen molar-refractivity contribution in [3.05, 3.63) is 0 Å². The zero-order chi connectivity index (χ0) is 10.0. The first-order valence-electron chi connectivity index (χ1n) is 5.73. The third-order valence-corrected chi connectivity index (χ3v) is 3.82. The van der Waals surface area contributed by atoms with Crippen LogP contribution in [0.2, 0.25) is 0 Å². The Morgan fingerprint density at radius 3 is 2.43 bits per heavy atom. The van der Waals surface area contributed by atoms with E-state index in [0.29, 0.717) is 11.5 Å². The fraction of sp³-hybridized carbons (Fsp3) is 1.00. The molecule has 1 aliphatic heterocycles. The molecule has 0 amide bonds. The zero-order valence-electron chi connectivity index (χ0n) is 9.17. The lowest BCUT2D eigenvalue weighted by Crippen LogP contribution is -2.41. The van der Waals surface area contributed by atoms with Gasteiger partial charge < -0.3 is 15.4 Å². The Balaban J connectivity index is 1.73. The van der Waals surface area contributed by atoms with Crippen LogP contribution in [-0.2, 0) is 4.74 Å². The highest BCUT2D eigenvalue weighted by Crippen LogP contribution is 2.45. The summed E-state index contributed by atoms with van der Waals surface area (Å²) in [5.41, 5.74) is 6.29. The molecule has 0 aromatic heterocycles. The molecule has 0 aromatic rings. The Bertz CT molecular complexity index is 184. The van der Waals surface area contributed by atoms with Crippen molar-refractivity contribution in [1.82, 2.24) is 4.90 Å². The van der Waals surface area contributed by atoms with Gasteiger partial charge in [-0.1, -0.05) is 0 Å². The normalized spacial score (nSPS) is 27.9. The first-order valence-corrected chi connectivity index (χ1v) is 5.73. The van der Waals surface area contributed by atoms with Crippen molar-refractivity contribution in [2.24, 2.45) is 11.1 Å². The van der Waals surface area contributed by atoms with E-state index < -0.39 is 0 Å². The average Bonchev–Trinajstić information content (AvgIpc) is 3.00. The summed E-state index contributed by atoms with van der Waals surface area (Å²) < 4.78 is 5.36. The van der Waals surface area contributed by atoms with Gasteiger partial charge in [-0.25, -0.2) is 0 Å². The lowest BCUT2D eigenvalue weighted by atomic mass is 10.0. The highest BCUT2D eigenvalue weighted by atomic mass is 16.5. The number of methoxy groups -OCH3 is 1. The molecular formula is C11H22N2O. The number of hydrogen-bond acceptors (Lipinski definition) is 3. The van der Waals surface area contributed by atoms with Crippen molar-refractivity contribution in [2.75, 3.05) is 33.3 Å². The number of nitrogens with zero attached hydrogens (tertiary/aromatic N) is 1. The number of hydrogen-bond donors (Lipinski definition) is 1. The summed E-state index contributed by atoms with van der Waals surface area (Å²) in [4.78, 5) is 2.56. The standard InChI is InChI=1S/C11H22N2O/c1-14-10-2-6-13(7-3-10)9-11(8-12)4-5-11/h10H,2-9,12H2,1H3. The summed E-state index contributed by atoms with van der Waals surface area (Å²) in [5, 5.41) is 0. The van der Waals surface area contributed by atoms with Crippen molar-refractivity contribution in [1.29, 1.82) is 0 Å². The maximum absolute atomic E-state index is 5.79. The Kier molecular flexibility index (Phi) is 3.10. The Morgan fingerprint density at radius 2 is 2.00 bits per heavy atom. The van der Waals surface area contributed by atoms with E-state index in [0.717, 1.165) is 6.54 Å². The fourth-order valence-corrected chi connectivity index (χ4v) is 2.38. The second-order valence-corrected chi connectivity index (χ2v) is 4.92. The summed E-state index contributed by atoms with van der Waals surface area (Å²) >= 11 is 0. The van der Waals surface area contributed by atoms with E-state index in [-0.39, 0.29) is 0 Å². The third kappa shape index (κ3) is 2.27. The molecule has 1 aliphatic carbocycles. The molecule has 0 aromatic carbocycles. The van der Waals surface area contributed by atoms with E-state index in [1.807, 2.05) is 7.11 Å². The predicted molar refractivity (Wildman–Crippen MR) is 57.2 cm³/mol. The fourth-order valence-electron chi connectivity index (χ4n) is 2.38. The van der Waals surface area contributed by atoms with Crippen LogP contribution in [0.1, 0.15) is 25.7 Å². The Labute approximate surface area is 86.6 Å². The molecule has 1 saturated carbocycles. The van der Waals surface area contributed by atoms with Gasteiger partial charge >= 0.3 is 0 Å². The predicted octanol–water partition coefficient (Wildman–Crippen LogP) is 0.836. The van der Waals surface area contributed by atoms with Gasteiger partial charge in [0.15, 0.2) is 0 Å². The van der Waals surface area contributed by atoms with Crippen LogP contribution in [0.3, 0.4) is 0 Å². The van der Waals surface area contributed by atoms with Gasteiger partial charge in [0.2, 0.25) is 0 Å². The zero-order valence-corrected chi connectivity index (χ0v) is 9.17. The second kappa shape index (κ2) is 4.17. The SMILES string of the molecule is COC1CCN(CC2(CN)CC2)CC1. The molecule has 1 saturated heterocycles. The average molecular weight is 198 g/mol. The molecule has 14 heavy (non-hydrogen) atoms. The Morgan fingerprint density at radius 1 is 1.36 bits per heavy atom. The molecular weight excluding hydrogens is 176 g/mol. The quantitative estimate of drug-likeness (QED) is 0.727. The van der Waals surface area contributed by atoms with Gasteiger partial charge in [-0.15, -0.1) is 0 Å². The minimum Gasteiger partial charge on any atom is -0.381 e. The molecule has 2 rings (SSSR count). The van der Waals surface area contributed by atoms with Crippen LogP contribution in [0.15, 0.2) is 0 Å². The summed E-state index contributed by atoms with van der Waals surface area (Å²) in [7, 11) is 1.82. The summed E-state index contributed by atoms with van der Waals surface area (Å²) in [6.07, 6.45) is 5.56. The minimum atomic E-state index is 0.499. The highest BCUT2D eigenvalue weighted by molar-refractivity contribution is 4.96. The summed E-state index contributed by atoms with van der Waals surface area (Å²) in [6.45, 7) is 4.48. The van der Waals surface area contributed by atoms with Crippen molar-refractivity contribution in [3.63, 3.8) is 0 Å². The van der Waals surface area contributed by atoms with E-state index in [4.69, 9.17) is 10.5 Å². The summed E-state index contributed by atoms with van der Waals surface area (Å²) in [6, 6.07) is 0. The van der Waals surface area contributed by atoms with Crippen molar-refractivity contribution in [2.45, 2.75) is 31.8 Å². The second-order valence-electron chi connectivity index (χ2n) is 4.92. The van der Waals surface area contributed by atoms with Crippen LogP contribution in [0.4, 0.5) is 0 Å². The van der Waals surface area contributed by atoms with E-state index in [1.54, 1.807) is 0 Å². The van der Waals surface area contributed by atoms with Crippen molar-refractivity contribution >= 4 is 0 Å². The highest BCUT2D eigenvalue weighted by Gasteiger charge is 2.42. The summed E-state index contributed by atoms with van der Waals surface area (Å²) in [5.74, 6) is 0. The molecule has 0 bridgehead atoms. The Hall–Kier alpha value is -0.120. The van der Waals surface area contributed by atoms with Gasteiger partial charge in [-0.3, -0.25) is 0 Å². The molecule has 2 aliphatic rings. The van der Waals surface area contributed by atoms with Crippen molar-refractivity contribution < 1.29 is 4.74 Å². The van der Waals surface area contributed by atoms with Crippen LogP contribution in [0, 0.1) is 5.41 Å².